The molecule has 0 radical (unpaired) electrons. The lowest BCUT2D eigenvalue weighted by Crippen LogP contribution is -2.33. The van der Waals surface area contributed by atoms with Crippen LogP contribution in [0.25, 0.3) is 0 Å². The summed E-state index contributed by atoms with van der Waals surface area (Å²) in [6, 6.07) is 3.90. The summed E-state index contributed by atoms with van der Waals surface area (Å²) in [5, 5.41) is 9.76. The first-order valence-corrected chi connectivity index (χ1v) is 12.1. The van der Waals surface area contributed by atoms with Gasteiger partial charge >= 0.3 is 5.97 Å². The second kappa shape index (κ2) is 12.6. The summed E-state index contributed by atoms with van der Waals surface area (Å²) in [7, 11) is -3.36. The van der Waals surface area contributed by atoms with Crippen LogP contribution < -0.4 is 0 Å². The number of unbranched alkanes of at least 4 members (excludes halogenated alkanes) is 1. The average molecular weight is 441 g/mol. The van der Waals surface area contributed by atoms with Gasteiger partial charge in [-0.2, -0.15) is 5.26 Å². The van der Waals surface area contributed by atoms with Crippen molar-refractivity contribution in [2.45, 2.75) is 44.7 Å². The Morgan fingerprint density at radius 3 is 2.79 bits per heavy atom. The van der Waals surface area contributed by atoms with Crippen LogP contribution in [0.2, 0.25) is 0 Å². The standard InChI is InChI=1S/C20H28N2O5S2/c1-5-7-9-29(24,25)14-17(12-26-8-6-2)27-19(23)13-28-20-18(11-21)15(3)10-16(4)22-20/h6,10,17H,2,5,7-9,12-14H2,1,3-4H3. The van der Waals surface area contributed by atoms with Crippen molar-refractivity contribution >= 4 is 27.6 Å². The molecule has 29 heavy (non-hydrogen) atoms. The Hall–Kier alpha value is -1.89. The topological polar surface area (TPSA) is 106 Å². The highest BCUT2D eigenvalue weighted by molar-refractivity contribution is 7.99. The number of nitriles is 1. The van der Waals surface area contributed by atoms with Crippen LogP contribution in [-0.2, 0) is 24.1 Å². The van der Waals surface area contributed by atoms with E-state index >= 15 is 0 Å². The van der Waals surface area contributed by atoms with Crippen LogP contribution in [0.5, 0.6) is 0 Å². The van der Waals surface area contributed by atoms with Crippen LogP contribution >= 0.6 is 11.8 Å². The highest BCUT2D eigenvalue weighted by atomic mass is 32.2. The monoisotopic (exact) mass is 440 g/mol. The Balaban J connectivity index is 2.77. The molecule has 0 spiro atoms. The van der Waals surface area contributed by atoms with E-state index in [9.17, 15) is 18.5 Å². The summed E-state index contributed by atoms with van der Waals surface area (Å²) >= 11 is 1.10. The van der Waals surface area contributed by atoms with Gasteiger partial charge in [-0.3, -0.25) is 4.79 Å². The summed E-state index contributed by atoms with van der Waals surface area (Å²) in [6.07, 6.45) is 1.96. The molecule has 1 aromatic heterocycles. The van der Waals surface area contributed by atoms with E-state index in [0.29, 0.717) is 17.0 Å². The number of carbonyl (C=O) groups is 1. The van der Waals surface area contributed by atoms with Crippen molar-refractivity contribution in [3.8, 4) is 6.07 Å². The first kappa shape index (κ1) is 25.1. The number of pyridine rings is 1. The maximum absolute atomic E-state index is 12.3. The number of aryl methyl sites for hydroxylation is 2. The van der Waals surface area contributed by atoms with E-state index in [-0.39, 0.29) is 30.5 Å². The van der Waals surface area contributed by atoms with Gasteiger partial charge in [0.05, 0.1) is 36.0 Å². The first-order valence-electron chi connectivity index (χ1n) is 9.32. The van der Waals surface area contributed by atoms with Crippen molar-refractivity contribution in [1.82, 2.24) is 4.98 Å². The zero-order valence-corrected chi connectivity index (χ0v) is 18.8. The van der Waals surface area contributed by atoms with Crippen molar-refractivity contribution in [3.63, 3.8) is 0 Å². The Morgan fingerprint density at radius 2 is 2.17 bits per heavy atom. The number of nitrogens with zero attached hydrogens (tertiary/aromatic N) is 2. The van der Waals surface area contributed by atoms with E-state index in [0.717, 1.165) is 29.4 Å². The van der Waals surface area contributed by atoms with Gasteiger partial charge in [-0.25, -0.2) is 13.4 Å². The molecule has 0 amide bonds. The number of hydrogen-bond acceptors (Lipinski definition) is 8. The third-order valence-corrected chi connectivity index (χ3v) is 6.58. The highest BCUT2D eigenvalue weighted by Crippen LogP contribution is 2.23. The Kier molecular flexibility index (Phi) is 10.9. The Labute approximate surface area is 177 Å². The minimum absolute atomic E-state index is 0.0287. The average Bonchev–Trinajstić information content (AvgIpc) is 2.64. The molecule has 0 aromatic carbocycles. The summed E-state index contributed by atoms with van der Waals surface area (Å²) in [5.74, 6) is -0.910. The number of ether oxygens (including phenoxy) is 2. The molecule has 0 N–H and O–H groups in total. The summed E-state index contributed by atoms with van der Waals surface area (Å²) in [4.78, 5) is 16.6. The van der Waals surface area contributed by atoms with Crippen LogP contribution in [0.1, 0.15) is 36.6 Å². The van der Waals surface area contributed by atoms with Gasteiger partial charge < -0.3 is 9.47 Å². The van der Waals surface area contributed by atoms with Gasteiger partial charge in [0.1, 0.15) is 17.2 Å². The molecule has 1 unspecified atom stereocenters. The molecular formula is C20H28N2O5S2. The largest absolute Gasteiger partial charge is 0.458 e. The molecule has 0 aliphatic carbocycles. The molecule has 0 fully saturated rings. The molecule has 1 atom stereocenters. The van der Waals surface area contributed by atoms with E-state index in [2.05, 4.69) is 17.6 Å². The van der Waals surface area contributed by atoms with Gasteiger partial charge in [0.15, 0.2) is 9.84 Å². The molecule has 9 heteroatoms. The minimum atomic E-state index is -3.36. The lowest BCUT2D eigenvalue weighted by Gasteiger charge is -2.18. The lowest BCUT2D eigenvalue weighted by atomic mass is 10.1. The zero-order valence-electron chi connectivity index (χ0n) is 17.1. The van der Waals surface area contributed by atoms with Gasteiger partial charge in [-0.05, 0) is 31.9 Å². The van der Waals surface area contributed by atoms with Gasteiger partial charge in [0.25, 0.3) is 0 Å². The van der Waals surface area contributed by atoms with Gasteiger partial charge in [-0.1, -0.05) is 31.2 Å². The number of thioether (sulfide) groups is 1. The molecule has 0 aliphatic heterocycles. The number of carbonyl (C=O) groups excluding carboxylic acids is 1. The fourth-order valence-corrected chi connectivity index (χ4v) is 5.03. The quantitative estimate of drug-likeness (QED) is 0.199. The molecular weight excluding hydrogens is 412 g/mol. The van der Waals surface area contributed by atoms with E-state index in [1.54, 1.807) is 6.07 Å². The van der Waals surface area contributed by atoms with E-state index in [4.69, 9.17) is 9.47 Å². The SMILES string of the molecule is C=CCOCC(CS(=O)(=O)CCCC)OC(=O)CSc1nc(C)cc(C)c1C#N. The number of hydrogen-bond donors (Lipinski definition) is 0. The lowest BCUT2D eigenvalue weighted by molar-refractivity contribution is -0.147. The van der Waals surface area contributed by atoms with Crippen LogP contribution in [0.15, 0.2) is 23.7 Å². The summed E-state index contributed by atoms with van der Waals surface area (Å²) < 4.78 is 35.1. The Morgan fingerprint density at radius 1 is 1.45 bits per heavy atom. The van der Waals surface area contributed by atoms with Crippen LogP contribution in [0.3, 0.4) is 0 Å². The maximum atomic E-state index is 12.3. The van der Waals surface area contributed by atoms with Crippen molar-refractivity contribution in [3.05, 3.63) is 35.5 Å². The third-order valence-electron chi connectivity index (χ3n) is 3.84. The molecule has 0 saturated heterocycles. The minimum Gasteiger partial charge on any atom is -0.458 e. The first-order chi connectivity index (χ1) is 13.7. The number of sulfone groups is 1. The highest BCUT2D eigenvalue weighted by Gasteiger charge is 2.23. The van der Waals surface area contributed by atoms with Crippen LogP contribution in [0.4, 0.5) is 0 Å². The van der Waals surface area contributed by atoms with Crippen molar-refractivity contribution in [2.75, 3.05) is 30.5 Å². The van der Waals surface area contributed by atoms with Crippen molar-refractivity contribution in [1.29, 1.82) is 5.26 Å². The molecule has 0 bridgehead atoms. The Bertz CT molecular complexity index is 847. The molecule has 0 saturated carbocycles. The number of esters is 1. The zero-order chi connectivity index (χ0) is 21.9. The van der Waals surface area contributed by atoms with Crippen molar-refractivity contribution < 1.29 is 22.7 Å². The maximum Gasteiger partial charge on any atom is 0.316 e. The fraction of sp³-hybridized carbons (Fsp3) is 0.550. The second-order valence-corrected chi connectivity index (χ2v) is 9.76. The van der Waals surface area contributed by atoms with Crippen LogP contribution in [-0.4, -0.2) is 55.9 Å². The third kappa shape index (κ3) is 9.43. The molecule has 7 nitrogen and oxygen atoms in total. The fourth-order valence-electron chi connectivity index (χ4n) is 2.52. The van der Waals surface area contributed by atoms with E-state index in [1.165, 1.54) is 6.08 Å². The van der Waals surface area contributed by atoms with E-state index < -0.39 is 21.9 Å². The predicted octanol–water partition coefficient (Wildman–Crippen LogP) is 2.99. The molecule has 1 rings (SSSR count). The summed E-state index contributed by atoms with van der Waals surface area (Å²) in [6.45, 7) is 9.27. The molecule has 1 aromatic rings. The summed E-state index contributed by atoms with van der Waals surface area (Å²) in [5.41, 5.74) is 1.95. The van der Waals surface area contributed by atoms with Gasteiger partial charge in [0.2, 0.25) is 0 Å². The normalized spacial score (nSPS) is 12.2. The van der Waals surface area contributed by atoms with E-state index in [1.807, 2.05) is 20.8 Å². The molecule has 0 aliphatic rings. The second-order valence-electron chi connectivity index (χ2n) is 6.57. The van der Waals surface area contributed by atoms with Crippen LogP contribution in [0, 0.1) is 25.2 Å². The predicted molar refractivity (Wildman–Crippen MR) is 114 cm³/mol. The number of aromatic nitrogens is 1. The molecule has 160 valence electrons. The van der Waals surface area contributed by atoms with Gasteiger partial charge in [0, 0.05) is 5.69 Å². The smallest absolute Gasteiger partial charge is 0.316 e. The van der Waals surface area contributed by atoms with Gasteiger partial charge in [-0.15, -0.1) is 6.58 Å². The number of rotatable bonds is 13. The molecule has 1 heterocycles. The van der Waals surface area contributed by atoms with Crippen molar-refractivity contribution in [2.24, 2.45) is 0 Å².